The number of hydrogen-bond donors (Lipinski definition) is 1. The summed E-state index contributed by atoms with van der Waals surface area (Å²) in [7, 11) is 0. The van der Waals surface area contributed by atoms with Crippen molar-refractivity contribution in [2.75, 3.05) is 0 Å². The molecule has 3 rings (SSSR count). The fraction of sp³-hybridized carbons (Fsp3) is 0.211. The van der Waals surface area contributed by atoms with Crippen LogP contribution >= 0.6 is 35.0 Å². The Labute approximate surface area is 161 Å². The van der Waals surface area contributed by atoms with Gasteiger partial charge in [0.15, 0.2) is 5.16 Å². The molecular formula is C19H18Cl2N2OS. The fourth-order valence-corrected chi connectivity index (χ4v) is 4.12. The van der Waals surface area contributed by atoms with E-state index in [4.69, 9.17) is 23.2 Å². The lowest BCUT2D eigenvalue weighted by molar-refractivity contribution is 0.269. The number of benzene rings is 2. The molecule has 0 radical (unpaired) electrons. The first kappa shape index (κ1) is 18.3. The predicted molar refractivity (Wildman–Crippen MR) is 104 cm³/mol. The highest BCUT2D eigenvalue weighted by Crippen LogP contribution is 2.28. The Morgan fingerprint density at radius 3 is 2.60 bits per heavy atom. The van der Waals surface area contributed by atoms with Crippen LogP contribution in [0, 0.1) is 0 Å². The van der Waals surface area contributed by atoms with Crippen LogP contribution < -0.4 is 0 Å². The van der Waals surface area contributed by atoms with Gasteiger partial charge in [-0.1, -0.05) is 71.4 Å². The molecule has 25 heavy (non-hydrogen) atoms. The molecule has 3 nitrogen and oxygen atoms in total. The van der Waals surface area contributed by atoms with E-state index in [0.717, 1.165) is 29.4 Å². The average molecular weight is 393 g/mol. The summed E-state index contributed by atoms with van der Waals surface area (Å²) < 4.78 is 2.07. The van der Waals surface area contributed by atoms with Gasteiger partial charge in [-0.05, 0) is 29.7 Å². The van der Waals surface area contributed by atoms with Gasteiger partial charge in [0.05, 0.1) is 18.5 Å². The van der Waals surface area contributed by atoms with Crippen LogP contribution in [0.3, 0.4) is 0 Å². The zero-order chi connectivity index (χ0) is 17.6. The molecule has 0 aliphatic heterocycles. The maximum absolute atomic E-state index is 9.58. The van der Waals surface area contributed by atoms with Crippen LogP contribution in [0.25, 0.3) is 0 Å². The molecule has 1 heterocycles. The molecule has 1 N–H and O–H groups in total. The van der Waals surface area contributed by atoms with Gasteiger partial charge in [0.2, 0.25) is 0 Å². The summed E-state index contributed by atoms with van der Waals surface area (Å²) >= 11 is 13.8. The molecule has 0 amide bonds. The van der Waals surface area contributed by atoms with Crippen molar-refractivity contribution in [3.63, 3.8) is 0 Å². The maximum Gasteiger partial charge on any atom is 0.168 e. The Hall–Kier alpha value is -1.46. The SMILES string of the molecule is OCc1cnc(SCc2ccc(Cl)cc2Cl)n1CCc1ccccc1. The molecule has 0 unspecified atom stereocenters. The second-order valence-electron chi connectivity index (χ2n) is 5.60. The standard InChI is InChI=1S/C19H18Cl2N2OS/c20-16-7-6-15(18(21)10-16)13-25-19-22-11-17(12-24)23(19)9-8-14-4-2-1-3-5-14/h1-7,10-11,24H,8-9,12-13H2. The normalized spacial score (nSPS) is 11.0. The van der Waals surface area contributed by atoms with Gasteiger partial charge < -0.3 is 9.67 Å². The number of aliphatic hydroxyl groups excluding tert-OH is 1. The quantitative estimate of drug-likeness (QED) is 0.560. The average Bonchev–Trinajstić information content (AvgIpc) is 3.02. The van der Waals surface area contributed by atoms with Crippen LogP contribution in [0.5, 0.6) is 0 Å². The van der Waals surface area contributed by atoms with Crippen molar-refractivity contribution < 1.29 is 5.11 Å². The molecule has 130 valence electrons. The topological polar surface area (TPSA) is 38.1 Å². The highest BCUT2D eigenvalue weighted by Gasteiger charge is 2.11. The number of aromatic nitrogens is 2. The second kappa shape index (κ2) is 8.77. The lowest BCUT2D eigenvalue weighted by atomic mass is 10.1. The van der Waals surface area contributed by atoms with E-state index in [2.05, 4.69) is 21.7 Å². The van der Waals surface area contributed by atoms with Crippen LogP contribution in [0.1, 0.15) is 16.8 Å². The monoisotopic (exact) mass is 392 g/mol. The van der Waals surface area contributed by atoms with Crippen molar-refractivity contribution in [1.82, 2.24) is 9.55 Å². The van der Waals surface area contributed by atoms with E-state index in [9.17, 15) is 5.11 Å². The molecule has 1 aromatic heterocycles. The molecule has 0 saturated carbocycles. The Morgan fingerprint density at radius 2 is 1.88 bits per heavy atom. The summed E-state index contributed by atoms with van der Waals surface area (Å²) in [5.41, 5.74) is 3.09. The first-order valence-electron chi connectivity index (χ1n) is 7.93. The van der Waals surface area contributed by atoms with E-state index >= 15 is 0 Å². The van der Waals surface area contributed by atoms with Crippen LogP contribution in [-0.2, 0) is 25.3 Å². The number of hydrogen-bond acceptors (Lipinski definition) is 3. The largest absolute Gasteiger partial charge is 0.390 e. The first-order chi connectivity index (χ1) is 12.2. The predicted octanol–water partition coefficient (Wildman–Crippen LogP) is 5.22. The number of aryl methyl sites for hydroxylation is 1. The summed E-state index contributed by atoms with van der Waals surface area (Å²) in [6, 6.07) is 15.8. The number of nitrogens with zero attached hydrogens (tertiary/aromatic N) is 2. The van der Waals surface area contributed by atoms with Crippen molar-refractivity contribution in [2.45, 2.75) is 30.5 Å². The number of aliphatic hydroxyl groups is 1. The third-order valence-corrected chi connectivity index (χ3v) is 5.53. The second-order valence-corrected chi connectivity index (χ2v) is 7.39. The Bertz CT molecular complexity index is 837. The van der Waals surface area contributed by atoms with E-state index in [0.29, 0.717) is 15.8 Å². The van der Waals surface area contributed by atoms with Crippen molar-refractivity contribution >= 4 is 35.0 Å². The van der Waals surface area contributed by atoms with Gasteiger partial charge in [-0.3, -0.25) is 0 Å². The Kier molecular flexibility index (Phi) is 6.43. The minimum atomic E-state index is -0.0238. The molecule has 3 aromatic rings. The van der Waals surface area contributed by atoms with Crippen LogP contribution in [0.2, 0.25) is 10.0 Å². The smallest absolute Gasteiger partial charge is 0.168 e. The zero-order valence-electron chi connectivity index (χ0n) is 13.5. The summed E-state index contributed by atoms with van der Waals surface area (Å²) in [6.07, 6.45) is 2.62. The van der Waals surface area contributed by atoms with Crippen LogP contribution in [0.4, 0.5) is 0 Å². The van der Waals surface area contributed by atoms with Crippen LogP contribution in [-0.4, -0.2) is 14.7 Å². The number of imidazole rings is 1. The lowest BCUT2D eigenvalue weighted by Gasteiger charge is -2.11. The number of rotatable bonds is 7. The van der Waals surface area contributed by atoms with Crippen molar-refractivity contribution in [2.24, 2.45) is 0 Å². The molecule has 0 fully saturated rings. The summed E-state index contributed by atoms with van der Waals surface area (Å²) in [6.45, 7) is 0.751. The summed E-state index contributed by atoms with van der Waals surface area (Å²) in [5.74, 6) is 0.698. The number of halogens is 2. The van der Waals surface area contributed by atoms with Crippen molar-refractivity contribution in [3.05, 3.63) is 81.6 Å². The van der Waals surface area contributed by atoms with Gasteiger partial charge in [0.1, 0.15) is 0 Å². The molecule has 0 aliphatic rings. The third-order valence-electron chi connectivity index (χ3n) is 3.90. The van der Waals surface area contributed by atoms with E-state index in [1.54, 1.807) is 24.0 Å². The number of thioether (sulfide) groups is 1. The van der Waals surface area contributed by atoms with E-state index in [1.165, 1.54) is 5.56 Å². The van der Waals surface area contributed by atoms with E-state index in [-0.39, 0.29) is 6.61 Å². The zero-order valence-corrected chi connectivity index (χ0v) is 15.9. The molecule has 0 spiro atoms. The molecule has 0 atom stereocenters. The minimum Gasteiger partial charge on any atom is -0.390 e. The van der Waals surface area contributed by atoms with Gasteiger partial charge in [0.25, 0.3) is 0 Å². The van der Waals surface area contributed by atoms with Gasteiger partial charge in [-0.2, -0.15) is 0 Å². The summed E-state index contributed by atoms with van der Waals surface area (Å²) in [5, 5.41) is 11.8. The summed E-state index contributed by atoms with van der Waals surface area (Å²) in [4.78, 5) is 4.46. The first-order valence-corrected chi connectivity index (χ1v) is 9.67. The van der Waals surface area contributed by atoms with E-state index < -0.39 is 0 Å². The van der Waals surface area contributed by atoms with Gasteiger partial charge in [-0.15, -0.1) is 0 Å². The van der Waals surface area contributed by atoms with Gasteiger partial charge >= 0.3 is 0 Å². The minimum absolute atomic E-state index is 0.0238. The van der Waals surface area contributed by atoms with Gasteiger partial charge in [0, 0.05) is 22.3 Å². The molecule has 0 bridgehead atoms. The molecule has 6 heteroatoms. The fourth-order valence-electron chi connectivity index (χ4n) is 2.54. The maximum atomic E-state index is 9.58. The Morgan fingerprint density at radius 1 is 1.08 bits per heavy atom. The van der Waals surface area contributed by atoms with Crippen molar-refractivity contribution in [1.29, 1.82) is 0 Å². The lowest BCUT2D eigenvalue weighted by Crippen LogP contribution is -2.07. The van der Waals surface area contributed by atoms with Crippen LogP contribution in [0.15, 0.2) is 59.9 Å². The molecule has 2 aromatic carbocycles. The molecule has 0 saturated heterocycles. The van der Waals surface area contributed by atoms with Crippen molar-refractivity contribution in [3.8, 4) is 0 Å². The highest BCUT2D eigenvalue weighted by atomic mass is 35.5. The third kappa shape index (κ3) is 4.79. The molecule has 0 aliphatic carbocycles. The van der Waals surface area contributed by atoms with E-state index in [1.807, 2.05) is 30.3 Å². The molecular weight excluding hydrogens is 375 g/mol. The highest BCUT2D eigenvalue weighted by molar-refractivity contribution is 7.98. The van der Waals surface area contributed by atoms with Gasteiger partial charge in [-0.25, -0.2) is 4.98 Å². The Balaban J connectivity index is 1.72.